The first-order valence-corrected chi connectivity index (χ1v) is 4.31. The van der Waals surface area contributed by atoms with Crippen molar-refractivity contribution in [1.29, 1.82) is 10.5 Å². The van der Waals surface area contributed by atoms with E-state index < -0.39 is 0 Å². The van der Waals surface area contributed by atoms with Gasteiger partial charge in [-0.1, -0.05) is 0 Å². The molecule has 0 N–H and O–H groups in total. The van der Waals surface area contributed by atoms with Crippen LogP contribution in [0.1, 0.15) is 19.8 Å². The second-order valence-electron chi connectivity index (χ2n) is 3.27. The Hall–Kier alpha value is -1.06. The van der Waals surface area contributed by atoms with Gasteiger partial charge in [0.1, 0.15) is 0 Å². The van der Waals surface area contributed by atoms with Gasteiger partial charge in [-0.25, -0.2) is 0 Å². The van der Waals surface area contributed by atoms with Crippen LogP contribution in [0.2, 0.25) is 0 Å². The fraction of sp³-hybridized carbons (Fsp3) is 0.778. The Morgan fingerprint density at radius 1 is 1.50 bits per heavy atom. The average molecular weight is 163 g/mol. The van der Waals surface area contributed by atoms with Crippen molar-refractivity contribution in [3.63, 3.8) is 0 Å². The number of piperidine rings is 1. The van der Waals surface area contributed by atoms with Crippen molar-refractivity contribution in [2.24, 2.45) is 5.92 Å². The molecule has 0 saturated carbocycles. The first-order chi connectivity index (χ1) is 5.77. The number of hydrogen-bond donors (Lipinski definition) is 0. The fourth-order valence-electron chi connectivity index (χ4n) is 1.55. The minimum absolute atomic E-state index is 0.0406. The molecule has 0 aliphatic carbocycles. The predicted molar refractivity (Wildman–Crippen MR) is 45.0 cm³/mol. The van der Waals surface area contributed by atoms with E-state index in [0.29, 0.717) is 0 Å². The molecule has 0 aromatic heterocycles. The minimum atomic E-state index is -0.0406. The molecule has 1 aliphatic heterocycles. The maximum atomic E-state index is 8.70. The molecule has 2 atom stereocenters. The number of likely N-dealkylation sites (tertiary alicyclic amines) is 1. The first kappa shape index (κ1) is 9.03. The van der Waals surface area contributed by atoms with Crippen LogP contribution in [0.4, 0.5) is 0 Å². The second-order valence-corrected chi connectivity index (χ2v) is 3.27. The van der Waals surface area contributed by atoms with Crippen LogP contribution in [0.3, 0.4) is 0 Å². The summed E-state index contributed by atoms with van der Waals surface area (Å²) in [6.07, 6.45) is 2.04. The highest BCUT2D eigenvalue weighted by atomic mass is 15.2. The lowest BCUT2D eigenvalue weighted by Gasteiger charge is -2.30. The van der Waals surface area contributed by atoms with Gasteiger partial charge in [0, 0.05) is 6.54 Å². The highest BCUT2D eigenvalue weighted by Gasteiger charge is 2.22. The molecular weight excluding hydrogens is 150 g/mol. The molecule has 0 bridgehead atoms. The van der Waals surface area contributed by atoms with Gasteiger partial charge in [-0.05, 0) is 26.3 Å². The van der Waals surface area contributed by atoms with Crippen LogP contribution < -0.4 is 0 Å². The van der Waals surface area contributed by atoms with E-state index in [-0.39, 0.29) is 12.0 Å². The summed E-state index contributed by atoms with van der Waals surface area (Å²) in [6, 6.07) is 4.42. The van der Waals surface area contributed by atoms with Crippen molar-refractivity contribution in [2.75, 3.05) is 13.1 Å². The molecule has 0 radical (unpaired) electrons. The Morgan fingerprint density at radius 2 is 2.25 bits per heavy atom. The lowest BCUT2D eigenvalue weighted by molar-refractivity contribution is 0.178. The molecular formula is C9H13N3. The third kappa shape index (κ3) is 1.96. The summed E-state index contributed by atoms with van der Waals surface area (Å²) >= 11 is 0. The van der Waals surface area contributed by atoms with Crippen molar-refractivity contribution in [1.82, 2.24) is 4.90 Å². The summed E-state index contributed by atoms with van der Waals surface area (Å²) in [4.78, 5) is 2.08. The molecule has 64 valence electrons. The average Bonchev–Trinajstić information content (AvgIpc) is 2.17. The summed E-state index contributed by atoms with van der Waals surface area (Å²) < 4.78 is 0. The van der Waals surface area contributed by atoms with Gasteiger partial charge in [-0.3, -0.25) is 4.90 Å². The van der Waals surface area contributed by atoms with E-state index in [4.69, 9.17) is 10.5 Å². The van der Waals surface area contributed by atoms with E-state index in [9.17, 15) is 0 Å². The van der Waals surface area contributed by atoms with Crippen LogP contribution >= 0.6 is 0 Å². The molecule has 3 heteroatoms. The van der Waals surface area contributed by atoms with Crippen LogP contribution in [0.15, 0.2) is 0 Å². The van der Waals surface area contributed by atoms with Gasteiger partial charge in [0.25, 0.3) is 0 Å². The third-order valence-corrected chi connectivity index (χ3v) is 2.37. The van der Waals surface area contributed by atoms with Crippen LogP contribution in [0.25, 0.3) is 0 Å². The Bertz CT molecular complexity index is 211. The SMILES string of the molecule is CC(C#N)N1CCCC(C#N)C1. The molecule has 1 fully saturated rings. The van der Waals surface area contributed by atoms with Gasteiger partial charge in [-0.15, -0.1) is 0 Å². The fourth-order valence-corrected chi connectivity index (χ4v) is 1.55. The highest BCUT2D eigenvalue weighted by Crippen LogP contribution is 2.17. The quantitative estimate of drug-likeness (QED) is 0.582. The summed E-state index contributed by atoms with van der Waals surface area (Å²) in [6.45, 7) is 3.62. The van der Waals surface area contributed by atoms with Crippen LogP contribution in [0.5, 0.6) is 0 Å². The van der Waals surface area contributed by atoms with Crippen molar-refractivity contribution < 1.29 is 0 Å². The molecule has 2 unspecified atom stereocenters. The summed E-state index contributed by atoms with van der Waals surface area (Å²) in [5.41, 5.74) is 0. The summed E-state index contributed by atoms with van der Waals surface area (Å²) in [5, 5.41) is 17.4. The molecule has 0 spiro atoms. The second kappa shape index (κ2) is 4.09. The van der Waals surface area contributed by atoms with E-state index >= 15 is 0 Å². The van der Waals surface area contributed by atoms with Crippen LogP contribution in [-0.2, 0) is 0 Å². The molecule has 1 rings (SSSR count). The first-order valence-electron chi connectivity index (χ1n) is 4.31. The smallest absolute Gasteiger partial charge is 0.0949 e. The Morgan fingerprint density at radius 3 is 2.83 bits per heavy atom. The third-order valence-electron chi connectivity index (χ3n) is 2.37. The molecule has 1 aliphatic rings. The van der Waals surface area contributed by atoms with Gasteiger partial charge < -0.3 is 0 Å². The topological polar surface area (TPSA) is 50.8 Å². The zero-order chi connectivity index (χ0) is 8.97. The lowest BCUT2D eigenvalue weighted by Crippen LogP contribution is -2.40. The van der Waals surface area contributed by atoms with Crippen molar-refractivity contribution in [3.8, 4) is 12.1 Å². The van der Waals surface area contributed by atoms with Crippen molar-refractivity contribution in [3.05, 3.63) is 0 Å². The van der Waals surface area contributed by atoms with E-state index in [2.05, 4.69) is 17.0 Å². The Balaban J connectivity index is 2.48. The van der Waals surface area contributed by atoms with Crippen molar-refractivity contribution in [2.45, 2.75) is 25.8 Å². The number of rotatable bonds is 1. The van der Waals surface area contributed by atoms with Gasteiger partial charge in [0.2, 0.25) is 0 Å². The van der Waals surface area contributed by atoms with Gasteiger partial charge in [-0.2, -0.15) is 10.5 Å². The Kier molecular flexibility index (Phi) is 3.08. The van der Waals surface area contributed by atoms with Gasteiger partial charge >= 0.3 is 0 Å². The molecule has 0 aromatic carbocycles. The molecule has 1 heterocycles. The predicted octanol–water partition coefficient (Wildman–Crippen LogP) is 1.13. The molecule has 3 nitrogen and oxygen atoms in total. The minimum Gasteiger partial charge on any atom is -0.287 e. The monoisotopic (exact) mass is 163 g/mol. The molecule has 12 heavy (non-hydrogen) atoms. The zero-order valence-electron chi connectivity index (χ0n) is 7.32. The number of nitriles is 2. The van der Waals surface area contributed by atoms with E-state index in [1.54, 1.807) is 0 Å². The van der Waals surface area contributed by atoms with Crippen LogP contribution in [-0.4, -0.2) is 24.0 Å². The zero-order valence-corrected chi connectivity index (χ0v) is 7.32. The van der Waals surface area contributed by atoms with Crippen molar-refractivity contribution >= 4 is 0 Å². The van der Waals surface area contributed by atoms with E-state index in [1.807, 2.05) is 6.92 Å². The number of hydrogen-bond acceptors (Lipinski definition) is 3. The van der Waals surface area contributed by atoms with E-state index in [1.165, 1.54) is 0 Å². The molecule has 0 aromatic rings. The molecule has 1 saturated heterocycles. The van der Waals surface area contributed by atoms with E-state index in [0.717, 1.165) is 25.9 Å². The normalized spacial score (nSPS) is 27.1. The lowest BCUT2D eigenvalue weighted by atomic mass is 9.99. The summed E-state index contributed by atoms with van der Waals surface area (Å²) in [5.74, 6) is 0.134. The standard InChI is InChI=1S/C9H13N3/c1-8(5-10)12-4-2-3-9(6-11)7-12/h8-9H,2-4,7H2,1H3. The number of nitrogens with zero attached hydrogens (tertiary/aromatic N) is 3. The maximum absolute atomic E-state index is 8.70. The van der Waals surface area contributed by atoms with Crippen LogP contribution in [0, 0.1) is 28.6 Å². The summed E-state index contributed by atoms with van der Waals surface area (Å²) in [7, 11) is 0. The molecule has 0 amide bonds. The highest BCUT2D eigenvalue weighted by molar-refractivity contribution is 4.95. The Labute approximate surface area is 73.2 Å². The largest absolute Gasteiger partial charge is 0.287 e. The van der Waals surface area contributed by atoms with Gasteiger partial charge in [0.05, 0.1) is 24.1 Å². The van der Waals surface area contributed by atoms with Gasteiger partial charge in [0.15, 0.2) is 0 Å². The maximum Gasteiger partial charge on any atom is 0.0949 e.